The molecule has 1 heterocycles. The molecule has 1 N–H and O–H groups in total. The Morgan fingerprint density at radius 3 is 2.48 bits per heavy atom. The van der Waals surface area contributed by atoms with Crippen LogP contribution < -0.4 is 9.47 Å². The van der Waals surface area contributed by atoms with E-state index in [1.807, 2.05) is 18.2 Å². The van der Waals surface area contributed by atoms with Crippen LogP contribution in [0.5, 0.6) is 11.5 Å². The number of nitrogens with zero attached hydrogens (tertiary/aromatic N) is 1. The molecule has 0 saturated heterocycles. The Bertz CT molecular complexity index is 776. The number of benzene rings is 2. The van der Waals surface area contributed by atoms with E-state index in [-0.39, 0.29) is 0 Å². The lowest BCUT2D eigenvalue weighted by Gasteiger charge is -2.08. The summed E-state index contributed by atoms with van der Waals surface area (Å²) in [6, 6.07) is 9.01. The molecule has 0 aliphatic carbocycles. The van der Waals surface area contributed by atoms with Gasteiger partial charge in [-0.1, -0.05) is 23.2 Å². The van der Waals surface area contributed by atoms with E-state index < -0.39 is 0 Å². The molecule has 108 valence electrons. The van der Waals surface area contributed by atoms with Crippen molar-refractivity contribution in [1.29, 1.82) is 0 Å². The number of halogens is 2. The van der Waals surface area contributed by atoms with Gasteiger partial charge < -0.3 is 14.5 Å². The van der Waals surface area contributed by atoms with Crippen molar-refractivity contribution in [2.24, 2.45) is 0 Å². The molecule has 0 unspecified atom stereocenters. The molecule has 4 nitrogen and oxygen atoms in total. The van der Waals surface area contributed by atoms with E-state index in [9.17, 15) is 0 Å². The van der Waals surface area contributed by atoms with E-state index in [4.69, 9.17) is 32.7 Å². The second-order valence-electron chi connectivity index (χ2n) is 4.44. The number of aromatic nitrogens is 2. The van der Waals surface area contributed by atoms with Crippen molar-refractivity contribution in [2.45, 2.75) is 0 Å². The highest BCUT2D eigenvalue weighted by molar-refractivity contribution is 6.42. The molecular weight excluding hydrogens is 311 g/mol. The molecule has 0 saturated carbocycles. The summed E-state index contributed by atoms with van der Waals surface area (Å²) >= 11 is 12.0. The number of ether oxygens (including phenoxy) is 2. The zero-order valence-corrected chi connectivity index (χ0v) is 12.9. The normalized spacial score (nSPS) is 10.9. The fraction of sp³-hybridized carbons (Fsp3) is 0.133. The molecule has 0 fully saturated rings. The summed E-state index contributed by atoms with van der Waals surface area (Å²) in [6.07, 6.45) is 0. The largest absolute Gasteiger partial charge is 0.497 e. The summed E-state index contributed by atoms with van der Waals surface area (Å²) in [6.45, 7) is 0. The average Bonchev–Trinajstić information content (AvgIpc) is 2.89. The predicted octanol–water partition coefficient (Wildman–Crippen LogP) is 4.55. The number of aromatic amines is 1. The summed E-state index contributed by atoms with van der Waals surface area (Å²) in [5.41, 5.74) is 2.36. The molecule has 0 bridgehead atoms. The average molecular weight is 323 g/mol. The van der Waals surface area contributed by atoms with Crippen LogP contribution in [0.3, 0.4) is 0 Å². The first-order valence-electron chi connectivity index (χ1n) is 6.19. The van der Waals surface area contributed by atoms with Crippen LogP contribution in [-0.2, 0) is 0 Å². The van der Waals surface area contributed by atoms with Gasteiger partial charge in [0.1, 0.15) is 17.3 Å². The maximum Gasteiger partial charge on any atom is 0.142 e. The Balaban J connectivity index is 2.20. The van der Waals surface area contributed by atoms with Crippen LogP contribution in [0.15, 0.2) is 30.3 Å². The Morgan fingerprint density at radius 1 is 1.00 bits per heavy atom. The molecule has 6 heteroatoms. The molecule has 3 aromatic rings. The number of hydrogen-bond donors (Lipinski definition) is 1. The highest BCUT2D eigenvalue weighted by Crippen LogP contribution is 2.34. The first kappa shape index (κ1) is 14.0. The van der Waals surface area contributed by atoms with Gasteiger partial charge in [-0.25, -0.2) is 4.98 Å². The van der Waals surface area contributed by atoms with Gasteiger partial charge in [-0.2, -0.15) is 0 Å². The third-order valence-electron chi connectivity index (χ3n) is 3.19. The zero-order chi connectivity index (χ0) is 15.0. The number of fused-ring (bicyclic) bond motifs is 1. The minimum atomic E-state index is 0.472. The molecule has 21 heavy (non-hydrogen) atoms. The smallest absolute Gasteiger partial charge is 0.142 e. The van der Waals surface area contributed by atoms with Crippen molar-refractivity contribution in [3.05, 3.63) is 40.4 Å². The standard InChI is InChI=1S/C15H12Cl2N2O2/c1-20-8-3-4-14(21-2)9(5-8)15-18-12-6-10(16)11(17)7-13(12)19-15/h3-7H,1-2H3,(H,18,19). The highest BCUT2D eigenvalue weighted by Gasteiger charge is 2.13. The third-order valence-corrected chi connectivity index (χ3v) is 3.91. The summed E-state index contributed by atoms with van der Waals surface area (Å²) in [5, 5.41) is 0.955. The lowest BCUT2D eigenvalue weighted by Crippen LogP contribution is -1.91. The Hall–Kier alpha value is -1.91. The van der Waals surface area contributed by atoms with Gasteiger partial charge in [0, 0.05) is 0 Å². The number of imidazole rings is 1. The van der Waals surface area contributed by atoms with Crippen molar-refractivity contribution in [3.8, 4) is 22.9 Å². The summed E-state index contributed by atoms with van der Waals surface area (Å²) in [7, 11) is 3.23. The van der Waals surface area contributed by atoms with E-state index in [2.05, 4.69) is 9.97 Å². The van der Waals surface area contributed by atoms with Gasteiger partial charge in [0.05, 0.1) is 40.9 Å². The molecule has 0 spiro atoms. The first-order valence-corrected chi connectivity index (χ1v) is 6.95. The van der Waals surface area contributed by atoms with Crippen LogP contribution in [-0.4, -0.2) is 24.2 Å². The number of methoxy groups -OCH3 is 2. The number of rotatable bonds is 3. The topological polar surface area (TPSA) is 47.1 Å². The van der Waals surface area contributed by atoms with Crippen molar-refractivity contribution < 1.29 is 9.47 Å². The van der Waals surface area contributed by atoms with E-state index in [1.165, 1.54) is 0 Å². The maximum atomic E-state index is 6.02. The number of hydrogen-bond acceptors (Lipinski definition) is 3. The zero-order valence-electron chi connectivity index (χ0n) is 11.4. The van der Waals surface area contributed by atoms with Gasteiger partial charge in [0.25, 0.3) is 0 Å². The van der Waals surface area contributed by atoms with E-state index in [0.717, 1.165) is 22.3 Å². The van der Waals surface area contributed by atoms with Crippen LogP contribution in [0.25, 0.3) is 22.4 Å². The van der Waals surface area contributed by atoms with Crippen LogP contribution in [0.1, 0.15) is 0 Å². The van der Waals surface area contributed by atoms with E-state index in [1.54, 1.807) is 26.4 Å². The van der Waals surface area contributed by atoms with Gasteiger partial charge in [-0.05, 0) is 30.3 Å². The molecule has 0 aliphatic heterocycles. The van der Waals surface area contributed by atoms with Crippen molar-refractivity contribution in [3.63, 3.8) is 0 Å². The maximum absolute atomic E-state index is 6.02. The Labute approximate surface area is 131 Å². The molecule has 0 aliphatic rings. The van der Waals surface area contributed by atoms with Gasteiger partial charge in [0.2, 0.25) is 0 Å². The lowest BCUT2D eigenvalue weighted by molar-refractivity contribution is 0.404. The molecule has 0 radical (unpaired) electrons. The minimum absolute atomic E-state index is 0.472. The first-order chi connectivity index (χ1) is 10.1. The third kappa shape index (κ3) is 2.52. The molecule has 3 rings (SSSR count). The fourth-order valence-corrected chi connectivity index (χ4v) is 2.45. The van der Waals surface area contributed by atoms with Crippen molar-refractivity contribution in [1.82, 2.24) is 9.97 Å². The second-order valence-corrected chi connectivity index (χ2v) is 5.25. The highest BCUT2D eigenvalue weighted by atomic mass is 35.5. The Kier molecular flexibility index (Phi) is 3.66. The lowest BCUT2D eigenvalue weighted by atomic mass is 10.2. The van der Waals surface area contributed by atoms with E-state index >= 15 is 0 Å². The monoisotopic (exact) mass is 322 g/mol. The molecule has 0 amide bonds. The van der Waals surface area contributed by atoms with Gasteiger partial charge in [-0.3, -0.25) is 0 Å². The molecular formula is C15H12Cl2N2O2. The van der Waals surface area contributed by atoms with E-state index in [0.29, 0.717) is 21.6 Å². The van der Waals surface area contributed by atoms with Crippen LogP contribution in [0, 0.1) is 0 Å². The van der Waals surface area contributed by atoms with Gasteiger partial charge in [0.15, 0.2) is 0 Å². The minimum Gasteiger partial charge on any atom is -0.497 e. The summed E-state index contributed by atoms with van der Waals surface area (Å²) in [4.78, 5) is 7.75. The van der Waals surface area contributed by atoms with Gasteiger partial charge in [-0.15, -0.1) is 0 Å². The van der Waals surface area contributed by atoms with Gasteiger partial charge >= 0.3 is 0 Å². The molecule has 2 aromatic carbocycles. The van der Waals surface area contributed by atoms with Crippen molar-refractivity contribution in [2.75, 3.05) is 14.2 Å². The summed E-state index contributed by atoms with van der Waals surface area (Å²) in [5.74, 6) is 2.09. The number of nitrogens with one attached hydrogen (secondary N) is 1. The van der Waals surface area contributed by atoms with Crippen LogP contribution in [0.4, 0.5) is 0 Å². The fourth-order valence-electron chi connectivity index (χ4n) is 2.13. The quantitative estimate of drug-likeness (QED) is 0.769. The SMILES string of the molecule is COc1ccc(OC)c(-c2nc3cc(Cl)c(Cl)cc3[nH]2)c1. The van der Waals surface area contributed by atoms with Crippen molar-refractivity contribution >= 4 is 34.2 Å². The molecule has 1 aromatic heterocycles. The molecule has 0 atom stereocenters. The predicted molar refractivity (Wildman–Crippen MR) is 84.7 cm³/mol. The number of H-pyrrole nitrogens is 1. The Morgan fingerprint density at radius 2 is 1.76 bits per heavy atom. The van der Waals surface area contributed by atoms with Crippen LogP contribution >= 0.6 is 23.2 Å². The summed E-state index contributed by atoms with van der Waals surface area (Å²) < 4.78 is 10.6. The second kappa shape index (κ2) is 5.47. The van der Waals surface area contributed by atoms with Crippen LogP contribution in [0.2, 0.25) is 10.0 Å².